The van der Waals surface area contributed by atoms with Crippen LogP contribution in [0.15, 0.2) is 47.8 Å². The molecule has 1 aromatic carbocycles. The molecule has 9 nitrogen and oxygen atoms in total. The van der Waals surface area contributed by atoms with Gasteiger partial charge in [0, 0.05) is 24.0 Å². The maximum atomic E-state index is 12.6. The molecule has 1 saturated heterocycles. The van der Waals surface area contributed by atoms with Gasteiger partial charge < -0.3 is 15.2 Å². The number of rotatable bonds is 8. The first-order valence-corrected chi connectivity index (χ1v) is 11.3. The fourth-order valence-corrected chi connectivity index (χ4v) is 4.83. The van der Waals surface area contributed by atoms with Crippen molar-refractivity contribution < 1.29 is 23.1 Å². The van der Waals surface area contributed by atoms with E-state index < -0.39 is 22.2 Å². The van der Waals surface area contributed by atoms with E-state index in [1.807, 2.05) is 0 Å². The maximum absolute atomic E-state index is 12.6. The normalized spacial score (nSPS) is 21.9. The quantitative estimate of drug-likeness (QED) is 0.545. The standard InChI is InChI=1S/C19H23ClN4O5S/c20-13-2-1-3-15(10-13)30(27,28)24-16-5-4-14(29-18(16)12-25)6-7-23-19(26)17-11-21-8-9-22-17/h1-3,8-11,14,16,18,24-25H,4-7,12H2,(H,23,26)/t14-,16+,18-/m1/s1. The van der Waals surface area contributed by atoms with Crippen molar-refractivity contribution >= 4 is 27.5 Å². The molecule has 3 N–H and O–H groups in total. The minimum atomic E-state index is -3.80. The summed E-state index contributed by atoms with van der Waals surface area (Å²) < 4.78 is 33.7. The molecule has 2 aromatic rings. The summed E-state index contributed by atoms with van der Waals surface area (Å²) in [6.07, 6.45) is 5.01. The number of carbonyl (C=O) groups excluding carboxylic acids is 1. The maximum Gasteiger partial charge on any atom is 0.271 e. The van der Waals surface area contributed by atoms with Crippen molar-refractivity contribution in [2.75, 3.05) is 13.2 Å². The highest BCUT2D eigenvalue weighted by Gasteiger charge is 2.33. The minimum absolute atomic E-state index is 0.0561. The Kier molecular flexibility index (Phi) is 7.73. The second-order valence-electron chi connectivity index (χ2n) is 6.88. The van der Waals surface area contributed by atoms with Crippen molar-refractivity contribution in [2.24, 2.45) is 0 Å². The highest BCUT2D eigenvalue weighted by atomic mass is 35.5. The van der Waals surface area contributed by atoms with Crippen LogP contribution in [0, 0.1) is 0 Å². The number of carbonyl (C=O) groups is 1. The van der Waals surface area contributed by atoms with Gasteiger partial charge in [0.25, 0.3) is 5.91 Å². The highest BCUT2D eigenvalue weighted by molar-refractivity contribution is 7.89. The number of benzene rings is 1. The van der Waals surface area contributed by atoms with Gasteiger partial charge in [0.1, 0.15) is 5.69 Å². The molecule has 0 saturated carbocycles. The molecule has 3 rings (SSSR count). The van der Waals surface area contributed by atoms with Crippen LogP contribution in [0.1, 0.15) is 29.8 Å². The van der Waals surface area contributed by atoms with E-state index in [0.29, 0.717) is 30.8 Å². The smallest absolute Gasteiger partial charge is 0.271 e. The van der Waals surface area contributed by atoms with Gasteiger partial charge in [0.15, 0.2) is 0 Å². The van der Waals surface area contributed by atoms with Gasteiger partial charge in [-0.2, -0.15) is 0 Å². The number of hydrogen-bond acceptors (Lipinski definition) is 7. The third-order valence-electron chi connectivity index (χ3n) is 4.76. The van der Waals surface area contributed by atoms with Crippen LogP contribution in [-0.2, 0) is 14.8 Å². The molecular weight excluding hydrogens is 432 g/mol. The number of nitrogens with zero attached hydrogens (tertiary/aromatic N) is 2. The molecule has 0 unspecified atom stereocenters. The first kappa shape index (κ1) is 22.6. The molecule has 1 aromatic heterocycles. The van der Waals surface area contributed by atoms with Crippen LogP contribution in [0.3, 0.4) is 0 Å². The summed E-state index contributed by atoms with van der Waals surface area (Å²) in [5.74, 6) is -0.329. The average Bonchev–Trinajstić information content (AvgIpc) is 2.75. The molecule has 0 spiro atoms. The Labute approximate surface area is 179 Å². The molecule has 0 aliphatic carbocycles. The molecule has 2 heterocycles. The number of aromatic nitrogens is 2. The summed E-state index contributed by atoms with van der Waals surface area (Å²) in [4.78, 5) is 19.8. The number of amides is 1. The number of halogens is 1. The fourth-order valence-electron chi connectivity index (χ4n) is 3.23. The van der Waals surface area contributed by atoms with Crippen molar-refractivity contribution in [3.05, 3.63) is 53.6 Å². The molecule has 0 radical (unpaired) electrons. The van der Waals surface area contributed by atoms with Gasteiger partial charge in [0.05, 0.1) is 35.9 Å². The molecule has 162 valence electrons. The van der Waals surface area contributed by atoms with E-state index in [1.165, 1.54) is 30.7 Å². The second kappa shape index (κ2) is 10.3. The first-order valence-electron chi connectivity index (χ1n) is 9.47. The van der Waals surface area contributed by atoms with Gasteiger partial charge in [-0.05, 0) is 37.5 Å². The Morgan fingerprint density at radius 3 is 2.83 bits per heavy atom. The molecule has 1 fully saturated rings. The van der Waals surface area contributed by atoms with Gasteiger partial charge in [0.2, 0.25) is 10.0 Å². The van der Waals surface area contributed by atoms with Crippen LogP contribution in [-0.4, -0.2) is 60.8 Å². The summed E-state index contributed by atoms with van der Waals surface area (Å²) in [6.45, 7) is 0.0301. The zero-order valence-corrected chi connectivity index (χ0v) is 17.6. The van der Waals surface area contributed by atoms with Gasteiger partial charge >= 0.3 is 0 Å². The molecule has 1 amide bonds. The average molecular weight is 455 g/mol. The lowest BCUT2D eigenvalue weighted by Gasteiger charge is -2.36. The summed E-state index contributed by atoms with van der Waals surface area (Å²) in [6, 6.07) is 5.40. The summed E-state index contributed by atoms with van der Waals surface area (Å²) in [5.41, 5.74) is 0.228. The third-order valence-corrected chi connectivity index (χ3v) is 6.48. The van der Waals surface area contributed by atoms with Crippen LogP contribution in [0.4, 0.5) is 0 Å². The van der Waals surface area contributed by atoms with Crippen LogP contribution in [0.5, 0.6) is 0 Å². The van der Waals surface area contributed by atoms with E-state index in [2.05, 4.69) is 20.0 Å². The largest absolute Gasteiger partial charge is 0.394 e. The van der Waals surface area contributed by atoms with E-state index >= 15 is 0 Å². The zero-order valence-electron chi connectivity index (χ0n) is 16.1. The molecule has 1 aliphatic heterocycles. The topological polar surface area (TPSA) is 131 Å². The van der Waals surface area contributed by atoms with Gasteiger partial charge in [-0.15, -0.1) is 0 Å². The minimum Gasteiger partial charge on any atom is -0.394 e. The molecular formula is C19H23ClN4O5S. The monoisotopic (exact) mass is 454 g/mol. The molecule has 30 heavy (non-hydrogen) atoms. The first-order chi connectivity index (χ1) is 14.4. The molecule has 3 atom stereocenters. The fraction of sp³-hybridized carbons (Fsp3) is 0.421. The molecule has 0 bridgehead atoms. The molecule has 1 aliphatic rings. The van der Waals surface area contributed by atoms with Gasteiger partial charge in [-0.3, -0.25) is 9.78 Å². The third kappa shape index (κ3) is 5.96. The highest BCUT2D eigenvalue weighted by Crippen LogP contribution is 2.24. The number of ether oxygens (including phenoxy) is 1. The SMILES string of the molecule is O=C(NCC[C@H]1CC[C@H](NS(=O)(=O)c2cccc(Cl)c2)[C@@H](CO)O1)c1cnccn1. The predicted octanol–water partition coefficient (Wildman–Crippen LogP) is 1.14. The van der Waals surface area contributed by atoms with Crippen LogP contribution < -0.4 is 10.0 Å². The van der Waals surface area contributed by atoms with Crippen LogP contribution >= 0.6 is 11.6 Å². The predicted molar refractivity (Wildman–Crippen MR) is 110 cm³/mol. The lowest BCUT2D eigenvalue weighted by atomic mass is 9.98. The lowest BCUT2D eigenvalue weighted by Crippen LogP contribution is -2.51. The van der Waals surface area contributed by atoms with E-state index in [-0.39, 0.29) is 29.2 Å². The number of hydrogen-bond donors (Lipinski definition) is 3. The molecule has 11 heteroatoms. The summed E-state index contributed by atoms with van der Waals surface area (Å²) in [7, 11) is -3.80. The van der Waals surface area contributed by atoms with E-state index in [4.69, 9.17) is 16.3 Å². The van der Waals surface area contributed by atoms with Gasteiger partial charge in [-0.1, -0.05) is 17.7 Å². The van der Waals surface area contributed by atoms with Crippen molar-refractivity contribution in [1.82, 2.24) is 20.0 Å². The Morgan fingerprint density at radius 2 is 2.13 bits per heavy atom. The number of nitrogens with one attached hydrogen (secondary N) is 2. The van der Waals surface area contributed by atoms with Crippen molar-refractivity contribution in [1.29, 1.82) is 0 Å². The van der Waals surface area contributed by atoms with E-state index in [9.17, 15) is 18.3 Å². The number of aliphatic hydroxyl groups excluding tert-OH is 1. The van der Waals surface area contributed by atoms with Crippen molar-refractivity contribution in [3.8, 4) is 0 Å². The lowest BCUT2D eigenvalue weighted by molar-refractivity contribution is -0.0871. The number of aliphatic hydroxyl groups is 1. The summed E-state index contributed by atoms with van der Waals surface area (Å²) in [5, 5.41) is 12.8. The number of sulfonamides is 1. The second-order valence-corrected chi connectivity index (χ2v) is 9.03. The van der Waals surface area contributed by atoms with E-state index in [1.54, 1.807) is 12.1 Å². The van der Waals surface area contributed by atoms with Crippen LogP contribution in [0.25, 0.3) is 0 Å². The Hall–Kier alpha value is -2.11. The Morgan fingerprint density at radius 1 is 1.30 bits per heavy atom. The zero-order chi connectivity index (χ0) is 21.6. The van der Waals surface area contributed by atoms with Crippen LogP contribution in [0.2, 0.25) is 5.02 Å². The Balaban J connectivity index is 1.51. The van der Waals surface area contributed by atoms with Crippen molar-refractivity contribution in [3.63, 3.8) is 0 Å². The Bertz CT molecular complexity index is 960. The van der Waals surface area contributed by atoms with Gasteiger partial charge in [-0.25, -0.2) is 18.1 Å². The van der Waals surface area contributed by atoms with E-state index in [0.717, 1.165) is 0 Å². The van der Waals surface area contributed by atoms with Crippen molar-refractivity contribution in [2.45, 2.75) is 42.4 Å². The summed E-state index contributed by atoms with van der Waals surface area (Å²) >= 11 is 5.88.